The first-order chi connectivity index (χ1) is 8.37. The summed E-state index contributed by atoms with van der Waals surface area (Å²) < 4.78 is 22.2. The largest absolute Gasteiger partial charge is 0.385 e. The summed E-state index contributed by atoms with van der Waals surface area (Å²) in [7, 11) is -2.99. The van der Waals surface area contributed by atoms with Gasteiger partial charge in [0.05, 0.1) is 5.60 Å². The Morgan fingerprint density at radius 1 is 1.22 bits per heavy atom. The molecule has 102 valence electrons. The van der Waals surface area contributed by atoms with E-state index in [2.05, 4.69) is 0 Å². The topological polar surface area (TPSA) is 54.4 Å². The fourth-order valence-electron chi connectivity index (χ4n) is 1.95. The van der Waals surface area contributed by atoms with Gasteiger partial charge in [-0.05, 0) is 24.8 Å². The van der Waals surface area contributed by atoms with Gasteiger partial charge < -0.3 is 5.11 Å². The van der Waals surface area contributed by atoms with Crippen LogP contribution in [0, 0.1) is 0 Å². The number of sulfone groups is 1. The van der Waals surface area contributed by atoms with Gasteiger partial charge in [0.15, 0.2) is 0 Å². The van der Waals surface area contributed by atoms with Crippen LogP contribution in [0.3, 0.4) is 0 Å². The average molecular weight is 291 g/mol. The Hall–Kier alpha value is -0.580. The van der Waals surface area contributed by atoms with Crippen LogP contribution in [0.2, 0.25) is 0 Å². The highest BCUT2D eigenvalue weighted by molar-refractivity contribution is 7.90. The van der Waals surface area contributed by atoms with Crippen LogP contribution in [0.1, 0.15) is 24.8 Å². The molecule has 0 aliphatic rings. The Balaban J connectivity index is 2.75. The molecule has 0 amide bonds. The average Bonchev–Trinajstić information content (AvgIpc) is 2.29. The van der Waals surface area contributed by atoms with Gasteiger partial charge >= 0.3 is 0 Å². The summed E-state index contributed by atoms with van der Waals surface area (Å²) in [6, 6.07) is 9.26. The first kappa shape index (κ1) is 15.5. The zero-order valence-corrected chi connectivity index (χ0v) is 12.0. The molecular formula is C13H19ClO3S. The van der Waals surface area contributed by atoms with Crippen molar-refractivity contribution in [3.05, 3.63) is 35.9 Å². The summed E-state index contributed by atoms with van der Waals surface area (Å²) in [5.74, 6) is 0.425. The van der Waals surface area contributed by atoms with Crippen molar-refractivity contribution in [2.24, 2.45) is 0 Å². The van der Waals surface area contributed by atoms with Crippen LogP contribution in [0.15, 0.2) is 30.3 Å². The number of hydrogen-bond donors (Lipinski definition) is 1. The molecule has 1 rings (SSSR count). The lowest BCUT2D eigenvalue weighted by Crippen LogP contribution is -2.27. The van der Waals surface area contributed by atoms with E-state index >= 15 is 0 Å². The summed E-state index contributed by atoms with van der Waals surface area (Å²) in [4.78, 5) is 0. The van der Waals surface area contributed by atoms with Crippen LogP contribution in [-0.2, 0) is 15.4 Å². The number of halogens is 1. The van der Waals surface area contributed by atoms with E-state index in [1.807, 2.05) is 30.3 Å². The molecule has 1 unspecified atom stereocenters. The maximum atomic E-state index is 11.1. The minimum Gasteiger partial charge on any atom is -0.385 e. The highest BCUT2D eigenvalue weighted by atomic mass is 35.5. The normalized spacial score (nSPS) is 15.3. The van der Waals surface area contributed by atoms with Gasteiger partial charge in [0.2, 0.25) is 0 Å². The SMILES string of the molecule is CS(=O)(=O)CCCC(O)(CCCl)c1ccccc1. The van der Waals surface area contributed by atoms with Gasteiger partial charge in [-0.2, -0.15) is 0 Å². The van der Waals surface area contributed by atoms with E-state index < -0.39 is 15.4 Å². The molecule has 3 nitrogen and oxygen atoms in total. The molecule has 0 aromatic heterocycles. The fraction of sp³-hybridized carbons (Fsp3) is 0.538. The molecule has 0 saturated carbocycles. The lowest BCUT2D eigenvalue weighted by molar-refractivity contribution is 0.0237. The quantitative estimate of drug-likeness (QED) is 0.784. The van der Waals surface area contributed by atoms with Gasteiger partial charge in [-0.15, -0.1) is 11.6 Å². The van der Waals surface area contributed by atoms with Gasteiger partial charge in [0.25, 0.3) is 0 Å². The van der Waals surface area contributed by atoms with Crippen LogP contribution in [0.25, 0.3) is 0 Å². The Kier molecular flexibility index (Phi) is 5.63. The van der Waals surface area contributed by atoms with Crippen molar-refractivity contribution >= 4 is 21.4 Å². The molecular weight excluding hydrogens is 272 g/mol. The van der Waals surface area contributed by atoms with Gasteiger partial charge in [-0.25, -0.2) is 8.42 Å². The molecule has 0 radical (unpaired) electrons. The maximum Gasteiger partial charge on any atom is 0.147 e. The molecule has 5 heteroatoms. The van der Waals surface area contributed by atoms with Crippen molar-refractivity contribution in [3.8, 4) is 0 Å². The molecule has 1 atom stereocenters. The number of aliphatic hydroxyl groups is 1. The van der Waals surface area contributed by atoms with Crippen molar-refractivity contribution in [2.75, 3.05) is 17.9 Å². The molecule has 0 aliphatic heterocycles. The predicted molar refractivity (Wildman–Crippen MR) is 74.6 cm³/mol. The molecule has 0 fully saturated rings. The first-order valence-electron chi connectivity index (χ1n) is 5.89. The minimum absolute atomic E-state index is 0.0877. The molecule has 0 bridgehead atoms. The first-order valence-corrected chi connectivity index (χ1v) is 8.48. The molecule has 18 heavy (non-hydrogen) atoms. The second kappa shape index (κ2) is 6.55. The van der Waals surface area contributed by atoms with E-state index in [9.17, 15) is 13.5 Å². The Morgan fingerprint density at radius 3 is 2.33 bits per heavy atom. The molecule has 0 saturated heterocycles. The zero-order chi connectivity index (χ0) is 13.6. The van der Waals surface area contributed by atoms with E-state index in [1.54, 1.807) is 0 Å². The number of benzene rings is 1. The smallest absolute Gasteiger partial charge is 0.147 e. The summed E-state index contributed by atoms with van der Waals surface area (Å²) in [5.41, 5.74) is -0.243. The molecule has 0 aliphatic carbocycles. The Morgan fingerprint density at radius 2 is 1.83 bits per heavy atom. The summed E-state index contributed by atoms with van der Waals surface area (Å²) >= 11 is 5.73. The summed E-state index contributed by atoms with van der Waals surface area (Å²) in [5, 5.41) is 10.6. The zero-order valence-electron chi connectivity index (χ0n) is 10.5. The molecule has 1 aromatic rings. The minimum atomic E-state index is -2.99. The summed E-state index contributed by atoms with van der Waals surface area (Å²) in [6.07, 6.45) is 2.45. The van der Waals surface area contributed by atoms with Gasteiger partial charge in [-0.1, -0.05) is 30.3 Å². The highest BCUT2D eigenvalue weighted by Crippen LogP contribution is 2.30. The third kappa shape index (κ3) is 4.96. The van der Waals surface area contributed by atoms with Crippen LogP contribution >= 0.6 is 11.6 Å². The highest BCUT2D eigenvalue weighted by Gasteiger charge is 2.28. The third-order valence-electron chi connectivity index (χ3n) is 2.92. The van der Waals surface area contributed by atoms with E-state index in [-0.39, 0.29) is 5.75 Å². The summed E-state index contributed by atoms with van der Waals surface area (Å²) in [6.45, 7) is 0. The van der Waals surface area contributed by atoms with Crippen LogP contribution in [0.5, 0.6) is 0 Å². The van der Waals surface area contributed by atoms with E-state index in [0.717, 1.165) is 5.56 Å². The van der Waals surface area contributed by atoms with Crippen LogP contribution in [0.4, 0.5) is 0 Å². The lowest BCUT2D eigenvalue weighted by Gasteiger charge is -2.28. The molecule has 1 N–H and O–H groups in total. The Labute approximate surface area is 114 Å². The van der Waals surface area contributed by atoms with Gasteiger partial charge in [0.1, 0.15) is 9.84 Å². The van der Waals surface area contributed by atoms with Crippen molar-refractivity contribution in [3.63, 3.8) is 0 Å². The second-order valence-electron chi connectivity index (χ2n) is 4.57. The van der Waals surface area contributed by atoms with Gasteiger partial charge in [-0.3, -0.25) is 0 Å². The van der Waals surface area contributed by atoms with Gasteiger partial charge in [0, 0.05) is 17.9 Å². The second-order valence-corrected chi connectivity index (χ2v) is 7.21. The van der Waals surface area contributed by atoms with Crippen molar-refractivity contribution in [1.82, 2.24) is 0 Å². The standard InChI is InChI=1S/C13H19ClO3S/c1-18(16,17)11-5-8-13(15,9-10-14)12-6-3-2-4-7-12/h2-4,6-7,15H,5,8-11H2,1H3. The van der Waals surface area contributed by atoms with E-state index in [4.69, 9.17) is 11.6 Å². The molecule has 1 aromatic carbocycles. The number of rotatable bonds is 7. The van der Waals surface area contributed by atoms with Crippen LogP contribution in [-0.4, -0.2) is 31.4 Å². The van der Waals surface area contributed by atoms with Crippen molar-refractivity contribution in [1.29, 1.82) is 0 Å². The lowest BCUT2D eigenvalue weighted by atomic mass is 9.87. The maximum absolute atomic E-state index is 11.1. The molecule has 0 spiro atoms. The monoisotopic (exact) mass is 290 g/mol. The fourth-order valence-corrected chi connectivity index (χ4v) is 2.93. The Bertz CT molecular complexity index is 458. The number of alkyl halides is 1. The third-order valence-corrected chi connectivity index (χ3v) is 4.14. The predicted octanol–water partition coefficient (Wildman–Crippen LogP) is 2.33. The van der Waals surface area contributed by atoms with E-state index in [1.165, 1.54) is 6.26 Å². The molecule has 0 heterocycles. The van der Waals surface area contributed by atoms with Crippen molar-refractivity contribution < 1.29 is 13.5 Å². The van der Waals surface area contributed by atoms with E-state index in [0.29, 0.717) is 25.1 Å². The van der Waals surface area contributed by atoms with Crippen LogP contribution < -0.4 is 0 Å². The number of hydrogen-bond acceptors (Lipinski definition) is 3. The van der Waals surface area contributed by atoms with Crippen molar-refractivity contribution in [2.45, 2.75) is 24.9 Å².